The zero-order chi connectivity index (χ0) is 14.5. The maximum atomic E-state index is 11.9. The van der Waals surface area contributed by atoms with Crippen molar-refractivity contribution in [2.24, 2.45) is 0 Å². The third-order valence-electron chi connectivity index (χ3n) is 2.66. The van der Waals surface area contributed by atoms with Crippen molar-refractivity contribution in [3.63, 3.8) is 0 Å². The second kappa shape index (κ2) is 6.22. The Morgan fingerprint density at radius 2 is 2.20 bits per heavy atom. The van der Waals surface area contributed by atoms with Crippen molar-refractivity contribution in [3.8, 4) is 6.07 Å². The minimum atomic E-state index is -0.715. The first-order valence-electron chi connectivity index (χ1n) is 5.95. The number of aryl methyl sites for hydroxylation is 1. The molecule has 0 aliphatic rings. The van der Waals surface area contributed by atoms with Gasteiger partial charge in [0, 0.05) is 11.1 Å². The highest BCUT2D eigenvalue weighted by atomic mass is 35.5. The molecule has 6 heteroatoms. The molecule has 2 aromatic rings. The Labute approximate surface area is 121 Å². The quantitative estimate of drug-likeness (QED) is 0.938. The van der Waals surface area contributed by atoms with E-state index in [0.29, 0.717) is 22.0 Å². The Morgan fingerprint density at radius 3 is 2.75 bits per heavy atom. The molecule has 0 saturated heterocycles. The highest BCUT2D eigenvalue weighted by molar-refractivity contribution is 6.30. The molecule has 102 valence electrons. The minimum absolute atomic E-state index is 0.0725. The summed E-state index contributed by atoms with van der Waals surface area (Å²) in [5, 5.41) is 16.1. The number of benzene rings is 1. The molecule has 0 radical (unpaired) electrons. The summed E-state index contributed by atoms with van der Waals surface area (Å²) in [7, 11) is 0. The highest BCUT2D eigenvalue weighted by Gasteiger charge is 2.15. The normalized spacial score (nSPS) is 11.7. The minimum Gasteiger partial charge on any atom is -0.361 e. The van der Waals surface area contributed by atoms with E-state index in [1.165, 1.54) is 0 Å². The molecule has 0 saturated carbocycles. The first-order valence-corrected chi connectivity index (χ1v) is 6.33. The number of carbonyl (C=O) groups is 1. The fraction of sp³-hybridized carbons (Fsp3) is 0.214. The average Bonchev–Trinajstić information content (AvgIpc) is 2.82. The number of halogens is 1. The Hall–Kier alpha value is -2.32. The zero-order valence-corrected chi connectivity index (χ0v) is 11.5. The maximum absolute atomic E-state index is 11.9. The summed E-state index contributed by atoms with van der Waals surface area (Å²) >= 11 is 5.79. The molecule has 1 heterocycles. The van der Waals surface area contributed by atoms with Crippen molar-refractivity contribution in [3.05, 3.63) is 52.4 Å². The van der Waals surface area contributed by atoms with Crippen LogP contribution in [0.1, 0.15) is 23.1 Å². The first-order chi connectivity index (χ1) is 9.58. The first kappa shape index (κ1) is 14.1. The second-order valence-corrected chi connectivity index (χ2v) is 4.72. The van der Waals surface area contributed by atoms with Gasteiger partial charge >= 0.3 is 0 Å². The topological polar surface area (TPSA) is 78.9 Å². The van der Waals surface area contributed by atoms with Gasteiger partial charge in [-0.05, 0) is 24.6 Å². The highest BCUT2D eigenvalue weighted by Crippen LogP contribution is 2.16. The number of aromatic nitrogens is 1. The number of nitrogens with one attached hydrogen (secondary N) is 1. The number of rotatable bonds is 4. The molecule has 20 heavy (non-hydrogen) atoms. The molecule has 2 rings (SSSR count). The van der Waals surface area contributed by atoms with Crippen LogP contribution < -0.4 is 5.32 Å². The van der Waals surface area contributed by atoms with Gasteiger partial charge in [0.15, 0.2) is 0 Å². The number of nitrogens with zero attached hydrogens (tertiary/aromatic N) is 2. The van der Waals surface area contributed by atoms with Gasteiger partial charge in [-0.15, -0.1) is 0 Å². The predicted octanol–water partition coefficient (Wildman–Crippen LogP) is 2.56. The van der Waals surface area contributed by atoms with E-state index >= 15 is 0 Å². The van der Waals surface area contributed by atoms with Crippen molar-refractivity contribution in [1.29, 1.82) is 5.26 Å². The summed E-state index contributed by atoms with van der Waals surface area (Å²) in [5.74, 6) is 0.349. The van der Waals surface area contributed by atoms with Crippen molar-refractivity contribution >= 4 is 17.5 Å². The number of amides is 1. The van der Waals surface area contributed by atoms with E-state index in [9.17, 15) is 4.79 Å². The monoisotopic (exact) mass is 289 g/mol. The van der Waals surface area contributed by atoms with Crippen LogP contribution in [0.25, 0.3) is 0 Å². The molecule has 0 aliphatic carbocycles. The van der Waals surface area contributed by atoms with E-state index in [0.717, 1.165) is 0 Å². The van der Waals surface area contributed by atoms with Crippen LogP contribution in [0.2, 0.25) is 5.02 Å². The molecule has 1 atom stereocenters. The van der Waals surface area contributed by atoms with E-state index in [1.807, 2.05) is 6.07 Å². The maximum Gasteiger partial charge on any atom is 0.227 e. The van der Waals surface area contributed by atoms with Gasteiger partial charge in [-0.3, -0.25) is 4.79 Å². The lowest BCUT2D eigenvalue weighted by Gasteiger charge is -2.11. The van der Waals surface area contributed by atoms with E-state index < -0.39 is 6.04 Å². The molecule has 0 aliphatic heterocycles. The van der Waals surface area contributed by atoms with Crippen LogP contribution in [0.3, 0.4) is 0 Å². The smallest absolute Gasteiger partial charge is 0.227 e. The zero-order valence-electron chi connectivity index (χ0n) is 10.8. The fourth-order valence-electron chi connectivity index (χ4n) is 1.72. The van der Waals surface area contributed by atoms with E-state index in [1.54, 1.807) is 37.3 Å². The van der Waals surface area contributed by atoms with Crippen LogP contribution in [-0.4, -0.2) is 11.1 Å². The van der Waals surface area contributed by atoms with Crippen molar-refractivity contribution in [2.75, 3.05) is 0 Å². The van der Waals surface area contributed by atoms with Crippen molar-refractivity contribution in [2.45, 2.75) is 19.4 Å². The van der Waals surface area contributed by atoms with Gasteiger partial charge in [-0.2, -0.15) is 5.26 Å². The SMILES string of the molecule is Cc1cc(CC(=O)N[C@H](C#N)c2ccc(Cl)cc2)no1. The molecular weight excluding hydrogens is 278 g/mol. The third-order valence-corrected chi connectivity index (χ3v) is 2.91. The van der Waals surface area contributed by atoms with Gasteiger partial charge in [0.2, 0.25) is 5.91 Å². The van der Waals surface area contributed by atoms with Gasteiger partial charge in [-0.1, -0.05) is 28.9 Å². The Bertz CT molecular complexity index is 643. The molecule has 0 unspecified atom stereocenters. The molecule has 1 N–H and O–H groups in total. The molecule has 1 aromatic carbocycles. The van der Waals surface area contributed by atoms with Crippen LogP contribution in [0.15, 0.2) is 34.9 Å². The summed E-state index contributed by atoms with van der Waals surface area (Å²) in [5.41, 5.74) is 1.22. The Morgan fingerprint density at radius 1 is 1.50 bits per heavy atom. The van der Waals surface area contributed by atoms with Gasteiger partial charge < -0.3 is 9.84 Å². The van der Waals surface area contributed by atoms with Crippen LogP contribution in [0.5, 0.6) is 0 Å². The summed E-state index contributed by atoms with van der Waals surface area (Å²) in [4.78, 5) is 11.9. The number of hydrogen-bond acceptors (Lipinski definition) is 4. The molecular formula is C14H12ClN3O2. The van der Waals surface area contributed by atoms with E-state index in [2.05, 4.69) is 10.5 Å². The molecule has 0 fully saturated rings. The van der Waals surface area contributed by atoms with Crippen LogP contribution in [0.4, 0.5) is 0 Å². The fourth-order valence-corrected chi connectivity index (χ4v) is 1.85. The third kappa shape index (κ3) is 3.59. The number of carbonyl (C=O) groups excluding carboxylic acids is 1. The largest absolute Gasteiger partial charge is 0.361 e. The van der Waals surface area contributed by atoms with Gasteiger partial charge in [-0.25, -0.2) is 0 Å². The summed E-state index contributed by atoms with van der Waals surface area (Å²) in [6.07, 6.45) is 0.0725. The second-order valence-electron chi connectivity index (χ2n) is 4.29. The lowest BCUT2D eigenvalue weighted by molar-refractivity contribution is -0.120. The lowest BCUT2D eigenvalue weighted by atomic mass is 10.1. The van der Waals surface area contributed by atoms with Crippen LogP contribution in [-0.2, 0) is 11.2 Å². The predicted molar refractivity (Wildman–Crippen MR) is 72.9 cm³/mol. The van der Waals surface area contributed by atoms with Gasteiger partial charge in [0.25, 0.3) is 0 Å². The van der Waals surface area contributed by atoms with Gasteiger partial charge in [0.1, 0.15) is 11.8 Å². The standard InChI is InChI=1S/C14H12ClN3O2/c1-9-6-12(18-20-9)7-14(19)17-13(8-16)10-2-4-11(15)5-3-10/h2-6,13H,7H2,1H3,(H,17,19)/t13-/m1/s1. The van der Waals surface area contributed by atoms with Crippen molar-refractivity contribution < 1.29 is 9.32 Å². The van der Waals surface area contributed by atoms with E-state index in [-0.39, 0.29) is 12.3 Å². The summed E-state index contributed by atoms with van der Waals surface area (Å²) in [6, 6.07) is 9.77. The molecule has 5 nitrogen and oxygen atoms in total. The summed E-state index contributed by atoms with van der Waals surface area (Å²) in [6.45, 7) is 1.75. The Kier molecular flexibility index (Phi) is 4.38. The molecule has 1 amide bonds. The molecule has 0 spiro atoms. The van der Waals surface area contributed by atoms with Gasteiger partial charge in [0.05, 0.1) is 18.2 Å². The van der Waals surface area contributed by atoms with E-state index in [4.69, 9.17) is 21.4 Å². The van der Waals surface area contributed by atoms with Crippen LogP contribution in [0, 0.1) is 18.3 Å². The lowest BCUT2D eigenvalue weighted by Crippen LogP contribution is -2.29. The van der Waals surface area contributed by atoms with Crippen molar-refractivity contribution in [1.82, 2.24) is 10.5 Å². The summed E-state index contributed by atoms with van der Waals surface area (Å²) < 4.78 is 4.88. The Balaban J connectivity index is 2.01. The average molecular weight is 290 g/mol. The molecule has 0 bridgehead atoms. The number of nitriles is 1. The molecule has 1 aromatic heterocycles. The number of hydrogen-bond donors (Lipinski definition) is 1. The van der Waals surface area contributed by atoms with Crippen LogP contribution >= 0.6 is 11.6 Å².